The van der Waals surface area contributed by atoms with Crippen LogP contribution in [0.3, 0.4) is 0 Å². The monoisotopic (exact) mass is 628 g/mol. The first-order valence-corrected chi connectivity index (χ1v) is 15.0. The summed E-state index contributed by atoms with van der Waals surface area (Å²) in [4.78, 5) is 17.0. The van der Waals surface area contributed by atoms with Crippen LogP contribution >= 0.6 is 11.6 Å². The Balaban J connectivity index is 0.000000250. The van der Waals surface area contributed by atoms with E-state index in [1.54, 1.807) is 0 Å². The van der Waals surface area contributed by atoms with Gasteiger partial charge in [0.15, 0.2) is 0 Å². The van der Waals surface area contributed by atoms with Gasteiger partial charge in [0.05, 0.1) is 31.1 Å². The number of methoxy groups -OCH3 is 1. The number of nitrogens with zero attached hydrogens (tertiary/aromatic N) is 5. The molecule has 2 aromatic heterocycles. The van der Waals surface area contributed by atoms with E-state index in [2.05, 4.69) is 24.8 Å². The molecule has 4 atom stereocenters. The first kappa shape index (κ1) is 30.3. The predicted octanol–water partition coefficient (Wildman–Crippen LogP) is 6.19. The maximum atomic E-state index is 13.7. The number of hydrogen-bond donors (Lipinski definition) is 1. The molecule has 5 aliphatic rings. The van der Waals surface area contributed by atoms with Crippen LogP contribution < -0.4 is 15.4 Å². The molecule has 2 N–H and O–H groups in total. The largest absolute Gasteiger partial charge is 0.467 e. The molecule has 43 heavy (non-hydrogen) atoms. The van der Waals surface area contributed by atoms with Gasteiger partial charge in [-0.1, -0.05) is 11.6 Å². The molecule has 1 aliphatic carbocycles. The average Bonchev–Trinajstić information content (AvgIpc) is 3.66. The van der Waals surface area contributed by atoms with E-state index in [1.165, 1.54) is 38.9 Å². The Bertz CT molecular complexity index is 1380. The topological polar surface area (TPSA) is 89.6 Å². The molecule has 1 saturated carbocycles. The van der Waals surface area contributed by atoms with Crippen molar-refractivity contribution in [2.24, 2.45) is 11.8 Å². The van der Waals surface area contributed by atoms with Crippen molar-refractivity contribution in [1.82, 2.24) is 19.9 Å². The van der Waals surface area contributed by atoms with Crippen LogP contribution in [0.2, 0.25) is 5.15 Å². The van der Waals surface area contributed by atoms with Gasteiger partial charge in [-0.2, -0.15) is 31.9 Å². The van der Waals surface area contributed by atoms with Crippen LogP contribution in [0.25, 0.3) is 0 Å². The van der Waals surface area contributed by atoms with E-state index in [4.69, 9.17) is 26.8 Å². The molecule has 0 radical (unpaired) electrons. The van der Waals surface area contributed by atoms with Crippen LogP contribution in [0.5, 0.6) is 6.01 Å². The minimum absolute atomic E-state index is 0.0856. The molecule has 0 spiro atoms. The van der Waals surface area contributed by atoms with E-state index in [-0.39, 0.29) is 30.4 Å². The number of rotatable bonds is 3. The smallest absolute Gasteiger partial charge is 0.419 e. The highest BCUT2D eigenvalue weighted by molar-refractivity contribution is 6.30. The van der Waals surface area contributed by atoms with Crippen molar-refractivity contribution in [3.05, 3.63) is 45.3 Å². The first-order valence-electron chi connectivity index (χ1n) is 14.6. The molecule has 234 valence electrons. The van der Waals surface area contributed by atoms with E-state index in [1.807, 2.05) is 0 Å². The number of hydrogen-bond acceptors (Lipinski definition) is 8. The standard InChI is InChI=1S/C21H23ClF3N5O2.C8H11F2N/c1-31-20-27-14-6-15(12-5-16(26)28-18(22)17(12)21(23,24)25)32-9-13(14)19(29-20)30-7-10-2-3-11(4-10)8-30;9-8(10)6-4-7-2-1-3-11(7)5-6/h5,10-11,15H,2-4,6-9H2,1H3,(H2,26,28);7H,1-5H2. The van der Waals surface area contributed by atoms with Gasteiger partial charge in [-0.05, 0) is 63.0 Å². The molecule has 8 nitrogen and oxygen atoms in total. The summed E-state index contributed by atoms with van der Waals surface area (Å²) in [6.07, 6.45) is -0.368. The number of nitrogen functional groups attached to an aromatic ring is 1. The van der Waals surface area contributed by atoms with Crippen molar-refractivity contribution in [3.8, 4) is 6.01 Å². The summed E-state index contributed by atoms with van der Waals surface area (Å²) >= 11 is 5.83. The lowest BCUT2D eigenvalue weighted by Gasteiger charge is -2.36. The quantitative estimate of drug-likeness (QED) is 0.318. The van der Waals surface area contributed by atoms with E-state index >= 15 is 0 Å². The number of nitrogens with two attached hydrogens (primary N) is 1. The zero-order valence-corrected chi connectivity index (χ0v) is 24.5. The number of halogens is 6. The second kappa shape index (κ2) is 12.0. The van der Waals surface area contributed by atoms with Gasteiger partial charge in [0, 0.05) is 48.8 Å². The van der Waals surface area contributed by atoms with Crippen molar-refractivity contribution in [1.29, 1.82) is 0 Å². The molecule has 0 amide bonds. The van der Waals surface area contributed by atoms with Crippen LogP contribution in [0.4, 0.5) is 33.6 Å². The number of alkyl halides is 3. The summed E-state index contributed by atoms with van der Waals surface area (Å²) in [5, 5.41) is -0.688. The Morgan fingerprint density at radius 3 is 2.49 bits per heavy atom. The fraction of sp³-hybridized carbons (Fsp3) is 0.621. The van der Waals surface area contributed by atoms with Crippen LogP contribution in [-0.4, -0.2) is 59.2 Å². The Hall–Kier alpha value is -2.77. The maximum absolute atomic E-state index is 13.7. The van der Waals surface area contributed by atoms with Gasteiger partial charge >= 0.3 is 12.2 Å². The Morgan fingerprint density at radius 1 is 1.09 bits per heavy atom. The SMILES string of the molecule is COc1nc2c(c(N3CC4CCC(C4)C3)n1)COC(c1cc(N)nc(Cl)c1C(F)(F)F)C2.FC(F)=C1CC2CCCN2C1. The Kier molecular flexibility index (Phi) is 8.42. The molecule has 2 bridgehead atoms. The molecule has 4 unspecified atom stereocenters. The van der Waals surface area contributed by atoms with Crippen LogP contribution in [-0.2, 0) is 23.9 Å². The number of piperidine rings is 1. The number of aromatic nitrogens is 3. The van der Waals surface area contributed by atoms with E-state index in [0.29, 0.717) is 42.1 Å². The molecule has 3 saturated heterocycles. The predicted molar refractivity (Wildman–Crippen MR) is 150 cm³/mol. The van der Waals surface area contributed by atoms with E-state index in [0.717, 1.165) is 37.4 Å². The van der Waals surface area contributed by atoms with E-state index < -0.39 is 29.1 Å². The van der Waals surface area contributed by atoms with Crippen molar-refractivity contribution < 1.29 is 31.4 Å². The van der Waals surface area contributed by atoms with Gasteiger partial charge in [-0.15, -0.1) is 0 Å². The third-order valence-electron chi connectivity index (χ3n) is 9.25. The number of ether oxygens (including phenoxy) is 2. The van der Waals surface area contributed by atoms with Gasteiger partial charge in [-0.25, -0.2) is 4.98 Å². The van der Waals surface area contributed by atoms with Crippen molar-refractivity contribution in [3.63, 3.8) is 0 Å². The molecular weight excluding hydrogens is 595 g/mol. The van der Waals surface area contributed by atoms with E-state index in [9.17, 15) is 22.0 Å². The summed E-state index contributed by atoms with van der Waals surface area (Å²) in [6, 6.07) is 1.80. The summed E-state index contributed by atoms with van der Waals surface area (Å²) in [6.45, 7) is 3.43. The van der Waals surface area contributed by atoms with Crippen LogP contribution in [0.1, 0.15) is 67.0 Å². The lowest BCUT2D eigenvalue weighted by Crippen LogP contribution is -2.38. The summed E-state index contributed by atoms with van der Waals surface area (Å²) in [5.41, 5.74) is 6.30. The van der Waals surface area contributed by atoms with Crippen molar-refractivity contribution >= 4 is 23.2 Å². The fourth-order valence-corrected chi connectivity index (χ4v) is 7.63. The highest BCUT2D eigenvalue weighted by atomic mass is 35.5. The number of anilines is 2. The second-order valence-corrected chi connectivity index (χ2v) is 12.4. The van der Waals surface area contributed by atoms with Gasteiger partial charge in [0.1, 0.15) is 16.8 Å². The molecular formula is C29H34ClF5N6O2. The summed E-state index contributed by atoms with van der Waals surface area (Å²) < 4.78 is 76.6. The Morgan fingerprint density at radius 2 is 1.84 bits per heavy atom. The van der Waals surface area contributed by atoms with Gasteiger partial charge in [0.25, 0.3) is 6.08 Å². The van der Waals surface area contributed by atoms with Gasteiger partial charge < -0.3 is 20.1 Å². The highest BCUT2D eigenvalue weighted by Crippen LogP contribution is 2.45. The van der Waals surface area contributed by atoms with Crippen molar-refractivity contribution in [2.45, 2.75) is 69.9 Å². The lowest BCUT2D eigenvalue weighted by atomic mass is 9.95. The molecule has 14 heteroatoms. The highest BCUT2D eigenvalue weighted by Gasteiger charge is 2.41. The third-order valence-corrected chi connectivity index (χ3v) is 9.52. The maximum Gasteiger partial charge on any atom is 0.419 e. The van der Waals surface area contributed by atoms with Crippen LogP contribution in [0, 0.1) is 11.8 Å². The van der Waals surface area contributed by atoms with Crippen LogP contribution in [0.15, 0.2) is 17.7 Å². The van der Waals surface area contributed by atoms with Gasteiger partial charge in [0.2, 0.25) is 0 Å². The number of pyridine rings is 1. The zero-order chi connectivity index (χ0) is 30.5. The normalized spacial score (nSPS) is 26.6. The molecule has 2 aromatic rings. The third kappa shape index (κ3) is 6.26. The van der Waals surface area contributed by atoms with Crippen molar-refractivity contribution in [2.75, 3.05) is 43.9 Å². The first-order chi connectivity index (χ1) is 20.5. The lowest BCUT2D eigenvalue weighted by molar-refractivity contribution is -0.140. The second-order valence-electron chi connectivity index (χ2n) is 12.0. The molecule has 7 rings (SSSR count). The molecule has 4 fully saturated rings. The molecule has 0 aromatic carbocycles. The minimum Gasteiger partial charge on any atom is -0.467 e. The molecule has 4 aliphatic heterocycles. The minimum atomic E-state index is -4.70. The fourth-order valence-electron chi connectivity index (χ4n) is 7.32. The Labute approximate surface area is 251 Å². The summed E-state index contributed by atoms with van der Waals surface area (Å²) in [7, 11) is 1.48. The molecule has 6 heterocycles. The summed E-state index contributed by atoms with van der Waals surface area (Å²) in [5.74, 6) is 1.93. The number of fused-ring (bicyclic) bond motifs is 4. The van der Waals surface area contributed by atoms with Gasteiger partial charge in [-0.3, -0.25) is 4.90 Å². The zero-order valence-electron chi connectivity index (χ0n) is 23.8. The average molecular weight is 629 g/mol.